The lowest BCUT2D eigenvalue weighted by atomic mass is 10.1. The molecule has 0 saturated carbocycles. The Kier molecular flexibility index (Phi) is 5.03. The highest BCUT2D eigenvalue weighted by Gasteiger charge is 2.27. The van der Waals surface area contributed by atoms with E-state index in [1.807, 2.05) is 22.6 Å². The molecule has 0 aliphatic heterocycles. The van der Waals surface area contributed by atoms with Crippen LogP contribution in [0.3, 0.4) is 0 Å². The van der Waals surface area contributed by atoms with E-state index in [0.29, 0.717) is 3.57 Å². The van der Waals surface area contributed by atoms with Crippen LogP contribution < -0.4 is 4.74 Å². The number of carbonyl (C=O) groups is 1. The van der Waals surface area contributed by atoms with Crippen molar-refractivity contribution in [1.29, 1.82) is 0 Å². The molecule has 4 nitrogen and oxygen atoms in total. The van der Waals surface area contributed by atoms with Gasteiger partial charge >= 0.3 is 5.97 Å². The molecular weight excluding hydrogens is 347 g/mol. The van der Waals surface area contributed by atoms with Gasteiger partial charge in [0.1, 0.15) is 17.0 Å². The van der Waals surface area contributed by atoms with Crippen molar-refractivity contribution in [3.8, 4) is 5.75 Å². The minimum atomic E-state index is -2.86. The second kappa shape index (κ2) is 6.08. The maximum atomic E-state index is 12.7. The number of nitrogens with zero attached hydrogens (tertiary/aromatic N) is 1. The molecule has 0 radical (unpaired) electrons. The van der Waals surface area contributed by atoms with E-state index in [0.717, 1.165) is 0 Å². The minimum Gasteiger partial charge on any atom is -0.495 e. The fourth-order valence-electron chi connectivity index (χ4n) is 1.25. The van der Waals surface area contributed by atoms with E-state index in [-0.39, 0.29) is 17.9 Å². The molecule has 0 aliphatic carbocycles. The number of halogens is 3. The molecule has 0 atom stereocenters. The van der Waals surface area contributed by atoms with Gasteiger partial charge in [0, 0.05) is 6.20 Å². The van der Waals surface area contributed by atoms with Gasteiger partial charge in [-0.1, -0.05) is 0 Å². The van der Waals surface area contributed by atoms with Crippen molar-refractivity contribution in [2.75, 3.05) is 13.7 Å². The van der Waals surface area contributed by atoms with Crippen molar-refractivity contribution < 1.29 is 23.0 Å². The number of carbonyl (C=O) groups excluding carboxylic acids is 1. The molecule has 17 heavy (non-hydrogen) atoms. The molecule has 1 rings (SSSR count). The monoisotopic (exact) mass is 357 g/mol. The maximum absolute atomic E-state index is 12.7. The summed E-state index contributed by atoms with van der Waals surface area (Å²) in [5, 5.41) is 0. The highest BCUT2D eigenvalue weighted by atomic mass is 127. The Morgan fingerprint density at radius 1 is 1.59 bits per heavy atom. The van der Waals surface area contributed by atoms with Gasteiger partial charge in [-0.05, 0) is 29.5 Å². The van der Waals surface area contributed by atoms with Crippen molar-refractivity contribution in [3.63, 3.8) is 0 Å². The number of rotatable bonds is 4. The van der Waals surface area contributed by atoms with Gasteiger partial charge in [-0.15, -0.1) is 0 Å². The van der Waals surface area contributed by atoms with Crippen LogP contribution in [0.4, 0.5) is 8.78 Å². The van der Waals surface area contributed by atoms with Gasteiger partial charge < -0.3 is 9.47 Å². The number of esters is 1. The van der Waals surface area contributed by atoms with Gasteiger partial charge in [0.05, 0.1) is 17.3 Å². The Hall–Kier alpha value is -0.990. The fourth-order valence-corrected chi connectivity index (χ4v) is 1.88. The molecular formula is C10H10F2INO3. The zero-order valence-electron chi connectivity index (χ0n) is 9.17. The summed E-state index contributed by atoms with van der Waals surface area (Å²) in [6.07, 6.45) is -1.64. The fraction of sp³-hybridized carbons (Fsp3) is 0.400. The molecule has 94 valence electrons. The smallest absolute Gasteiger partial charge is 0.344 e. The molecule has 0 unspecified atom stereocenters. The maximum Gasteiger partial charge on any atom is 0.344 e. The zero-order chi connectivity index (χ0) is 13.0. The second-order valence-electron chi connectivity index (χ2n) is 2.92. The third-order valence-electron chi connectivity index (χ3n) is 1.91. The van der Waals surface area contributed by atoms with E-state index in [4.69, 9.17) is 9.47 Å². The van der Waals surface area contributed by atoms with Crippen LogP contribution in [0.1, 0.15) is 29.4 Å². The molecule has 1 aromatic rings. The van der Waals surface area contributed by atoms with Gasteiger partial charge in [0.2, 0.25) is 0 Å². The van der Waals surface area contributed by atoms with Crippen LogP contribution in [-0.4, -0.2) is 24.7 Å². The number of methoxy groups -OCH3 is 1. The van der Waals surface area contributed by atoms with Crippen molar-refractivity contribution in [1.82, 2.24) is 4.98 Å². The lowest BCUT2D eigenvalue weighted by Crippen LogP contribution is -2.13. The van der Waals surface area contributed by atoms with Crippen molar-refractivity contribution in [2.45, 2.75) is 13.3 Å². The molecule has 7 heteroatoms. The predicted molar refractivity (Wildman–Crippen MR) is 64.4 cm³/mol. The largest absolute Gasteiger partial charge is 0.495 e. The highest BCUT2D eigenvalue weighted by molar-refractivity contribution is 14.1. The van der Waals surface area contributed by atoms with Gasteiger partial charge in [-0.25, -0.2) is 13.6 Å². The van der Waals surface area contributed by atoms with Crippen LogP contribution in [0.5, 0.6) is 5.75 Å². The predicted octanol–water partition coefficient (Wildman–Crippen LogP) is 2.81. The first-order chi connectivity index (χ1) is 8.02. The van der Waals surface area contributed by atoms with Crippen LogP contribution in [0.25, 0.3) is 0 Å². The molecule has 1 aromatic heterocycles. The quantitative estimate of drug-likeness (QED) is 0.614. The topological polar surface area (TPSA) is 48.4 Å². The van der Waals surface area contributed by atoms with Crippen LogP contribution >= 0.6 is 22.6 Å². The lowest BCUT2D eigenvalue weighted by molar-refractivity contribution is 0.0509. The Balaban J connectivity index is 3.38. The number of aromatic nitrogens is 1. The number of ether oxygens (including phenoxy) is 2. The molecule has 0 aromatic carbocycles. The number of pyridine rings is 1. The summed E-state index contributed by atoms with van der Waals surface area (Å²) in [5.74, 6) is -0.792. The molecule has 0 bridgehead atoms. The van der Waals surface area contributed by atoms with E-state index >= 15 is 0 Å². The van der Waals surface area contributed by atoms with Crippen molar-refractivity contribution in [3.05, 3.63) is 21.0 Å². The standard InChI is InChI=1S/C10H10F2INO3/c1-3-17-10(15)6-7(9(11)12)14-4-5(13)8(6)16-2/h4,9H,3H2,1-2H3. The third kappa shape index (κ3) is 3.02. The molecule has 0 saturated heterocycles. The van der Waals surface area contributed by atoms with Gasteiger partial charge in [-0.3, -0.25) is 4.98 Å². The van der Waals surface area contributed by atoms with Gasteiger partial charge in [0.25, 0.3) is 6.43 Å². The first-order valence-electron chi connectivity index (χ1n) is 4.70. The second-order valence-corrected chi connectivity index (χ2v) is 4.08. The van der Waals surface area contributed by atoms with E-state index in [1.54, 1.807) is 6.92 Å². The molecule has 0 N–H and O–H groups in total. The normalized spacial score (nSPS) is 10.5. The zero-order valence-corrected chi connectivity index (χ0v) is 11.3. The van der Waals surface area contributed by atoms with Crippen molar-refractivity contribution in [2.24, 2.45) is 0 Å². The van der Waals surface area contributed by atoms with Crippen LogP contribution in [0, 0.1) is 3.57 Å². The van der Waals surface area contributed by atoms with Gasteiger partial charge in [0.15, 0.2) is 0 Å². The Morgan fingerprint density at radius 3 is 2.71 bits per heavy atom. The summed E-state index contributed by atoms with van der Waals surface area (Å²) in [6, 6.07) is 0. The first-order valence-corrected chi connectivity index (χ1v) is 5.78. The molecule has 1 heterocycles. The molecule has 0 fully saturated rings. The Bertz CT molecular complexity index is 426. The average molecular weight is 357 g/mol. The summed E-state index contributed by atoms with van der Waals surface area (Å²) in [5.41, 5.74) is -0.933. The Labute approximate surface area is 110 Å². The highest BCUT2D eigenvalue weighted by Crippen LogP contribution is 2.32. The minimum absolute atomic E-state index is 0.0642. The van der Waals surface area contributed by atoms with Crippen molar-refractivity contribution >= 4 is 28.6 Å². The van der Waals surface area contributed by atoms with E-state index in [1.165, 1.54) is 13.3 Å². The van der Waals surface area contributed by atoms with E-state index < -0.39 is 18.1 Å². The van der Waals surface area contributed by atoms with E-state index in [2.05, 4.69) is 4.98 Å². The first kappa shape index (κ1) is 14.1. The van der Waals surface area contributed by atoms with Crippen LogP contribution in [-0.2, 0) is 4.74 Å². The summed E-state index contributed by atoms with van der Waals surface area (Å²) in [6.45, 7) is 1.68. The SMILES string of the molecule is CCOC(=O)c1c(C(F)F)ncc(I)c1OC. The number of alkyl halides is 2. The number of hydrogen-bond donors (Lipinski definition) is 0. The summed E-state index contributed by atoms with van der Waals surface area (Å²) in [7, 11) is 1.30. The summed E-state index contributed by atoms with van der Waals surface area (Å²) >= 11 is 1.85. The molecule has 0 amide bonds. The molecule has 0 aliphatic rings. The van der Waals surface area contributed by atoms with Crippen LogP contribution in [0.15, 0.2) is 6.20 Å². The summed E-state index contributed by atoms with van der Waals surface area (Å²) < 4.78 is 35.6. The Morgan fingerprint density at radius 2 is 2.24 bits per heavy atom. The van der Waals surface area contributed by atoms with E-state index in [9.17, 15) is 13.6 Å². The summed E-state index contributed by atoms with van der Waals surface area (Å²) in [4.78, 5) is 15.2. The van der Waals surface area contributed by atoms with Gasteiger partial charge in [-0.2, -0.15) is 0 Å². The third-order valence-corrected chi connectivity index (χ3v) is 2.68. The lowest BCUT2D eigenvalue weighted by Gasteiger charge is -2.12. The number of hydrogen-bond acceptors (Lipinski definition) is 4. The molecule has 0 spiro atoms. The van der Waals surface area contributed by atoms with Crippen LogP contribution in [0.2, 0.25) is 0 Å². The average Bonchev–Trinajstić information content (AvgIpc) is 2.28.